The molecular weight excluding hydrogens is 326 g/mol. The summed E-state index contributed by atoms with van der Waals surface area (Å²) in [5.74, 6) is 0.641. The number of aromatic nitrogens is 2. The highest BCUT2D eigenvalue weighted by Crippen LogP contribution is 2.19. The van der Waals surface area contributed by atoms with Crippen molar-refractivity contribution in [3.63, 3.8) is 0 Å². The van der Waals surface area contributed by atoms with Gasteiger partial charge in [0, 0.05) is 43.5 Å². The number of rotatable bonds is 3. The summed E-state index contributed by atoms with van der Waals surface area (Å²) in [4.78, 5) is 25.4. The zero-order chi connectivity index (χ0) is 18.7. The van der Waals surface area contributed by atoms with Gasteiger partial charge in [-0.3, -0.25) is 4.79 Å². The number of piperazine rings is 1. The van der Waals surface area contributed by atoms with Gasteiger partial charge in [-0.05, 0) is 45.4 Å². The number of carbonyl (C=O) groups is 1. The number of aryl methyl sites for hydroxylation is 1. The highest BCUT2D eigenvalue weighted by molar-refractivity contribution is 5.93. The van der Waals surface area contributed by atoms with Crippen LogP contribution in [0.15, 0.2) is 36.7 Å². The molecule has 0 bridgehead atoms. The average Bonchev–Trinajstić information content (AvgIpc) is 2.60. The van der Waals surface area contributed by atoms with Crippen molar-refractivity contribution in [2.45, 2.75) is 33.2 Å². The van der Waals surface area contributed by atoms with E-state index in [2.05, 4.69) is 72.1 Å². The number of hydrogen-bond acceptors (Lipinski definition) is 5. The summed E-state index contributed by atoms with van der Waals surface area (Å²) in [6, 6.07) is 10.2. The van der Waals surface area contributed by atoms with E-state index in [1.165, 1.54) is 17.6 Å². The molecule has 1 aromatic heterocycles. The first kappa shape index (κ1) is 18.2. The fraction of sp³-hybridized carbons (Fsp3) is 0.450. The molecule has 0 atom stereocenters. The highest BCUT2D eigenvalue weighted by atomic mass is 16.2. The molecule has 1 aromatic carbocycles. The van der Waals surface area contributed by atoms with Crippen LogP contribution in [0.2, 0.25) is 0 Å². The molecule has 0 aliphatic carbocycles. The zero-order valence-electron chi connectivity index (χ0n) is 16.0. The Morgan fingerprint density at radius 1 is 1.08 bits per heavy atom. The highest BCUT2D eigenvalue weighted by Gasteiger charge is 2.24. The first-order chi connectivity index (χ1) is 12.3. The fourth-order valence-electron chi connectivity index (χ4n) is 3.08. The quantitative estimate of drug-likeness (QED) is 0.919. The van der Waals surface area contributed by atoms with Gasteiger partial charge >= 0.3 is 0 Å². The Morgan fingerprint density at radius 2 is 1.81 bits per heavy atom. The number of nitrogens with zero attached hydrogens (tertiary/aromatic N) is 4. The number of nitrogens with one attached hydrogen (secondary N) is 1. The Balaban J connectivity index is 1.64. The summed E-state index contributed by atoms with van der Waals surface area (Å²) < 4.78 is 0. The first-order valence-corrected chi connectivity index (χ1v) is 9.03. The van der Waals surface area contributed by atoms with Crippen LogP contribution in [0.4, 0.5) is 11.5 Å². The molecular formula is C20H27N5O. The van der Waals surface area contributed by atoms with Crippen LogP contribution in [0.1, 0.15) is 36.8 Å². The van der Waals surface area contributed by atoms with Crippen molar-refractivity contribution < 1.29 is 4.79 Å². The van der Waals surface area contributed by atoms with Crippen LogP contribution in [0.5, 0.6) is 0 Å². The molecule has 0 unspecified atom stereocenters. The van der Waals surface area contributed by atoms with Gasteiger partial charge in [0.2, 0.25) is 0 Å². The second kappa shape index (κ2) is 7.32. The molecule has 0 spiro atoms. The third-order valence-electron chi connectivity index (χ3n) is 4.32. The largest absolute Gasteiger partial charge is 0.368 e. The summed E-state index contributed by atoms with van der Waals surface area (Å²) in [5, 5.41) is 3.28. The summed E-state index contributed by atoms with van der Waals surface area (Å²) in [7, 11) is 0. The fourth-order valence-corrected chi connectivity index (χ4v) is 3.08. The Bertz CT molecular complexity index is 776. The topological polar surface area (TPSA) is 61.4 Å². The van der Waals surface area contributed by atoms with Gasteiger partial charge in [0.15, 0.2) is 0 Å². The maximum absolute atomic E-state index is 12.8. The number of amides is 1. The predicted octanol–water partition coefficient (Wildman–Crippen LogP) is 2.96. The number of anilines is 2. The Kier molecular flexibility index (Phi) is 5.11. The molecule has 1 saturated heterocycles. The van der Waals surface area contributed by atoms with E-state index in [1.807, 2.05) is 4.90 Å². The summed E-state index contributed by atoms with van der Waals surface area (Å²) in [6.45, 7) is 11.3. The molecule has 1 aliphatic rings. The summed E-state index contributed by atoms with van der Waals surface area (Å²) >= 11 is 0. The van der Waals surface area contributed by atoms with E-state index in [9.17, 15) is 4.79 Å². The van der Waals surface area contributed by atoms with Gasteiger partial charge in [-0.2, -0.15) is 0 Å². The molecule has 2 heterocycles. The van der Waals surface area contributed by atoms with Crippen molar-refractivity contribution in [3.8, 4) is 0 Å². The van der Waals surface area contributed by atoms with E-state index < -0.39 is 0 Å². The SMILES string of the molecule is Cc1cccc(N2CCN(C(=O)c3cc(NC(C)(C)C)ncn3)CC2)c1. The Hall–Kier alpha value is -2.63. The average molecular weight is 353 g/mol. The molecule has 0 saturated carbocycles. The van der Waals surface area contributed by atoms with Gasteiger partial charge in [-0.25, -0.2) is 9.97 Å². The lowest BCUT2D eigenvalue weighted by molar-refractivity contribution is 0.0740. The Morgan fingerprint density at radius 3 is 2.46 bits per heavy atom. The van der Waals surface area contributed by atoms with E-state index in [0.717, 1.165) is 13.1 Å². The molecule has 6 nitrogen and oxygen atoms in total. The molecule has 1 aliphatic heterocycles. The van der Waals surface area contributed by atoms with Gasteiger partial charge in [0.25, 0.3) is 5.91 Å². The van der Waals surface area contributed by atoms with Crippen molar-refractivity contribution in [1.82, 2.24) is 14.9 Å². The minimum absolute atomic E-state index is 0.0340. The van der Waals surface area contributed by atoms with Crippen LogP contribution in [0.25, 0.3) is 0 Å². The molecule has 1 N–H and O–H groups in total. The van der Waals surface area contributed by atoms with Gasteiger partial charge in [-0.15, -0.1) is 0 Å². The van der Waals surface area contributed by atoms with E-state index in [0.29, 0.717) is 24.6 Å². The third kappa shape index (κ3) is 4.50. The maximum Gasteiger partial charge on any atom is 0.272 e. The van der Waals surface area contributed by atoms with E-state index in [4.69, 9.17) is 0 Å². The molecule has 1 amide bonds. The van der Waals surface area contributed by atoms with Crippen molar-refractivity contribution in [3.05, 3.63) is 47.9 Å². The van der Waals surface area contributed by atoms with Crippen molar-refractivity contribution in [1.29, 1.82) is 0 Å². The van der Waals surface area contributed by atoms with Crippen molar-refractivity contribution in [2.24, 2.45) is 0 Å². The molecule has 0 radical (unpaired) electrons. The maximum atomic E-state index is 12.8. The van der Waals surface area contributed by atoms with Crippen molar-refractivity contribution in [2.75, 3.05) is 36.4 Å². The smallest absolute Gasteiger partial charge is 0.272 e. The minimum Gasteiger partial charge on any atom is -0.368 e. The summed E-state index contributed by atoms with van der Waals surface area (Å²) in [6.07, 6.45) is 1.45. The van der Waals surface area contributed by atoms with Gasteiger partial charge in [0.05, 0.1) is 0 Å². The molecule has 3 rings (SSSR count). The number of carbonyl (C=O) groups excluding carboxylic acids is 1. The van der Waals surface area contributed by atoms with Gasteiger partial charge < -0.3 is 15.1 Å². The van der Waals surface area contributed by atoms with Crippen LogP contribution < -0.4 is 10.2 Å². The minimum atomic E-state index is -0.117. The van der Waals surface area contributed by atoms with Crippen LogP contribution in [-0.2, 0) is 0 Å². The van der Waals surface area contributed by atoms with Crippen LogP contribution in [0.3, 0.4) is 0 Å². The summed E-state index contributed by atoms with van der Waals surface area (Å²) in [5.41, 5.74) is 2.79. The lowest BCUT2D eigenvalue weighted by atomic mass is 10.1. The van der Waals surface area contributed by atoms with Crippen molar-refractivity contribution >= 4 is 17.4 Å². The van der Waals surface area contributed by atoms with E-state index in [1.54, 1.807) is 6.07 Å². The van der Waals surface area contributed by atoms with Crippen LogP contribution >= 0.6 is 0 Å². The monoisotopic (exact) mass is 353 g/mol. The van der Waals surface area contributed by atoms with Crippen LogP contribution in [0, 0.1) is 6.92 Å². The van der Waals surface area contributed by atoms with E-state index >= 15 is 0 Å². The number of hydrogen-bond donors (Lipinski definition) is 1. The Labute approximate surface area is 155 Å². The second-order valence-corrected chi connectivity index (χ2v) is 7.78. The molecule has 1 fully saturated rings. The first-order valence-electron chi connectivity index (χ1n) is 9.03. The third-order valence-corrected chi connectivity index (χ3v) is 4.32. The molecule has 138 valence electrons. The van der Waals surface area contributed by atoms with E-state index in [-0.39, 0.29) is 11.4 Å². The molecule has 26 heavy (non-hydrogen) atoms. The van der Waals surface area contributed by atoms with Gasteiger partial charge in [0.1, 0.15) is 17.8 Å². The predicted molar refractivity (Wildman–Crippen MR) is 105 cm³/mol. The molecule has 2 aromatic rings. The van der Waals surface area contributed by atoms with Crippen LogP contribution in [-0.4, -0.2) is 52.5 Å². The zero-order valence-corrected chi connectivity index (χ0v) is 16.0. The molecule has 6 heteroatoms. The second-order valence-electron chi connectivity index (χ2n) is 7.78. The lowest BCUT2D eigenvalue weighted by Gasteiger charge is -2.36. The lowest BCUT2D eigenvalue weighted by Crippen LogP contribution is -2.49. The normalized spacial score (nSPS) is 15.1. The standard InChI is InChI=1S/C20H27N5O/c1-15-6-5-7-16(12-15)24-8-10-25(11-9-24)19(26)17-13-18(22-14-21-17)23-20(2,3)4/h5-7,12-14H,8-11H2,1-4H3,(H,21,22,23). The number of benzene rings is 1. The van der Waals surface area contributed by atoms with Gasteiger partial charge in [-0.1, -0.05) is 12.1 Å².